The number of unbranched alkanes of at least 4 members (excludes halogenated alkanes) is 1. The van der Waals surface area contributed by atoms with E-state index in [2.05, 4.69) is 42.5 Å². The van der Waals surface area contributed by atoms with Crippen LogP contribution in [0, 0.1) is 12.3 Å². The van der Waals surface area contributed by atoms with E-state index in [0.717, 1.165) is 12.8 Å². The number of hydrogen-bond donors (Lipinski definition) is 1. The lowest BCUT2D eigenvalue weighted by Crippen LogP contribution is -2.74. The lowest BCUT2D eigenvalue weighted by atomic mass is 9.90. The van der Waals surface area contributed by atoms with E-state index in [1.165, 1.54) is 11.1 Å². The molecule has 2 aliphatic heterocycles. The number of terminal acetylenes is 1. The second-order valence-corrected chi connectivity index (χ2v) is 8.78. The second kappa shape index (κ2) is 10.7. The summed E-state index contributed by atoms with van der Waals surface area (Å²) in [5.41, 5.74) is 5.74. The van der Waals surface area contributed by atoms with E-state index in [-0.39, 0.29) is 30.4 Å². The monoisotopic (exact) mass is 444 g/mol. The minimum Gasteiger partial charge on any atom is -0.336 e. The number of fused-ring (bicyclic) bond motifs is 1. The minimum absolute atomic E-state index is 0.0363. The number of amides is 2. The summed E-state index contributed by atoms with van der Waals surface area (Å²) in [6.45, 7) is 3.64. The Kier molecular flexibility index (Phi) is 7.43. The Hall–Kier alpha value is -3.14. The van der Waals surface area contributed by atoms with Gasteiger partial charge in [0.05, 0.1) is 19.6 Å². The third-order valence-electron chi connectivity index (χ3n) is 6.53. The highest BCUT2D eigenvalue weighted by Crippen LogP contribution is 2.29. The number of benzene rings is 2. The van der Waals surface area contributed by atoms with Crippen molar-refractivity contribution in [2.75, 3.05) is 26.2 Å². The molecule has 2 heterocycles. The van der Waals surface area contributed by atoms with Crippen molar-refractivity contribution in [1.82, 2.24) is 20.2 Å². The molecule has 0 unspecified atom stereocenters. The van der Waals surface area contributed by atoms with Crippen LogP contribution < -0.4 is 5.43 Å². The number of rotatable bonds is 8. The van der Waals surface area contributed by atoms with E-state index >= 15 is 0 Å². The van der Waals surface area contributed by atoms with Crippen LogP contribution in [0.2, 0.25) is 0 Å². The number of carbonyl (C=O) groups excluding carboxylic acids is 2. The van der Waals surface area contributed by atoms with Gasteiger partial charge in [0.1, 0.15) is 12.2 Å². The van der Waals surface area contributed by atoms with Crippen LogP contribution in [-0.4, -0.2) is 65.0 Å². The number of piperazine rings is 1. The number of hydrogen-bond acceptors (Lipinski definition) is 4. The van der Waals surface area contributed by atoms with Crippen LogP contribution in [-0.2, 0) is 9.59 Å². The molecule has 2 fully saturated rings. The number of nitrogens with one attached hydrogen (secondary N) is 1. The molecule has 0 bridgehead atoms. The van der Waals surface area contributed by atoms with Crippen molar-refractivity contribution in [1.29, 1.82) is 0 Å². The predicted octanol–water partition coefficient (Wildman–Crippen LogP) is 2.83. The molecule has 2 amide bonds. The van der Waals surface area contributed by atoms with Gasteiger partial charge in [0, 0.05) is 12.5 Å². The average Bonchev–Trinajstić information content (AvgIpc) is 2.84. The first-order chi connectivity index (χ1) is 16.1. The van der Waals surface area contributed by atoms with Crippen LogP contribution in [0.3, 0.4) is 0 Å². The molecule has 2 aliphatic rings. The van der Waals surface area contributed by atoms with Gasteiger partial charge in [0.25, 0.3) is 0 Å². The molecule has 4 rings (SSSR count). The van der Waals surface area contributed by atoms with Crippen molar-refractivity contribution in [2.45, 2.75) is 44.3 Å². The van der Waals surface area contributed by atoms with Crippen molar-refractivity contribution >= 4 is 11.8 Å². The lowest BCUT2D eigenvalue weighted by molar-refractivity contribution is -0.168. The zero-order valence-corrected chi connectivity index (χ0v) is 19.2. The zero-order valence-electron chi connectivity index (χ0n) is 19.2. The highest BCUT2D eigenvalue weighted by atomic mass is 16.2. The molecular formula is C27H32N4O2. The minimum atomic E-state index is -0.441. The molecule has 2 atom stereocenters. The van der Waals surface area contributed by atoms with Crippen molar-refractivity contribution in [3.8, 4) is 12.3 Å². The molecule has 6 heteroatoms. The first-order valence-corrected chi connectivity index (χ1v) is 11.8. The molecular weight excluding hydrogens is 412 g/mol. The molecule has 172 valence electrons. The van der Waals surface area contributed by atoms with Crippen LogP contribution in [0.15, 0.2) is 60.7 Å². The topological polar surface area (TPSA) is 55.9 Å². The van der Waals surface area contributed by atoms with Gasteiger partial charge in [-0.1, -0.05) is 86.3 Å². The van der Waals surface area contributed by atoms with Gasteiger partial charge in [-0.05, 0) is 17.5 Å². The van der Waals surface area contributed by atoms with Crippen molar-refractivity contribution in [3.63, 3.8) is 0 Å². The Morgan fingerprint density at radius 2 is 1.70 bits per heavy atom. The number of hydrazine groups is 1. The highest BCUT2D eigenvalue weighted by Gasteiger charge is 2.46. The summed E-state index contributed by atoms with van der Waals surface area (Å²) in [4.78, 5) is 30.4. The van der Waals surface area contributed by atoms with E-state index in [0.29, 0.717) is 26.1 Å². The largest absolute Gasteiger partial charge is 0.336 e. The Bertz CT molecular complexity index is 949. The third-order valence-corrected chi connectivity index (χ3v) is 6.53. The van der Waals surface area contributed by atoms with Gasteiger partial charge >= 0.3 is 0 Å². The maximum Gasteiger partial charge on any atom is 0.245 e. The van der Waals surface area contributed by atoms with Crippen LogP contribution in [0.4, 0.5) is 0 Å². The Balaban J connectivity index is 1.63. The van der Waals surface area contributed by atoms with Gasteiger partial charge in [-0.25, -0.2) is 10.4 Å². The summed E-state index contributed by atoms with van der Waals surface area (Å²) in [6, 6.07) is 20.2. The first kappa shape index (κ1) is 23.0. The molecule has 0 saturated carbocycles. The normalized spacial score (nSPS) is 21.2. The van der Waals surface area contributed by atoms with Crippen molar-refractivity contribution < 1.29 is 9.59 Å². The highest BCUT2D eigenvalue weighted by molar-refractivity contribution is 5.90. The molecule has 2 aromatic carbocycles. The van der Waals surface area contributed by atoms with E-state index in [1.807, 2.05) is 41.3 Å². The maximum atomic E-state index is 13.7. The summed E-state index contributed by atoms with van der Waals surface area (Å²) < 4.78 is 0. The van der Waals surface area contributed by atoms with E-state index in [1.54, 1.807) is 9.91 Å². The van der Waals surface area contributed by atoms with Gasteiger partial charge in [-0.3, -0.25) is 9.59 Å². The SMILES string of the molecule is C#CCN1CC(=O)N2[C@H](CN(CC(c3ccccc3)c3ccccc3)C(=O)[C@@H]2CCCC)N1. The van der Waals surface area contributed by atoms with Gasteiger partial charge in [-0.2, -0.15) is 0 Å². The fourth-order valence-electron chi connectivity index (χ4n) is 4.92. The van der Waals surface area contributed by atoms with E-state index in [4.69, 9.17) is 6.42 Å². The van der Waals surface area contributed by atoms with Gasteiger partial charge in [-0.15, -0.1) is 6.42 Å². The Labute approximate surface area is 196 Å². The molecule has 0 spiro atoms. The van der Waals surface area contributed by atoms with Crippen LogP contribution >= 0.6 is 0 Å². The molecule has 1 N–H and O–H groups in total. The Morgan fingerprint density at radius 3 is 2.27 bits per heavy atom. The van der Waals surface area contributed by atoms with Crippen LogP contribution in [0.5, 0.6) is 0 Å². The van der Waals surface area contributed by atoms with Gasteiger partial charge < -0.3 is 9.80 Å². The number of carbonyl (C=O) groups is 2. The van der Waals surface area contributed by atoms with E-state index < -0.39 is 6.04 Å². The van der Waals surface area contributed by atoms with Crippen LogP contribution in [0.1, 0.15) is 43.2 Å². The molecule has 2 saturated heterocycles. The maximum absolute atomic E-state index is 13.7. The predicted molar refractivity (Wildman–Crippen MR) is 129 cm³/mol. The van der Waals surface area contributed by atoms with Crippen molar-refractivity contribution in [3.05, 3.63) is 71.8 Å². The lowest BCUT2D eigenvalue weighted by Gasteiger charge is -2.51. The summed E-state index contributed by atoms with van der Waals surface area (Å²) >= 11 is 0. The fraction of sp³-hybridized carbons (Fsp3) is 0.407. The molecule has 0 radical (unpaired) electrons. The number of nitrogens with zero attached hydrogens (tertiary/aromatic N) is 3. The fourth-order valence-corrected chi connectivity index (χ4v) is 4.92. The smallest absolute Gasteiger partial charge is 0.245 e. The summed E-state index contributed by atoms with van der Waals surface area (Å²) in [7, 11) is 0. The quantitative estimate of drug-likeness (QED) is 0.637. The standard InChI is InChI=1S/C27H32N4O2/c1-3-5-16-24-27(33)29(19-25-28-30(17-4-2)20-26(32)31(24)25)18-23(21-12-8-6-9-13-21)22-14-10-7-11-15-22/h2,6-15,23-25,28H,3,5,16-20H2,1H3/t24-,25+/m0/s1. The summed E-state index contributed by atoms with van der Waals surface area (Å²) in [6.07, 6.45) is 7.76. The molecule has 0 aromatic heterocycles. The summed E-state index contributed by atoms with van der Waals surface area (Å²) in [5.74, 6) is 2.66. The average molecular weight is 445 g/mol. The van der Waals surface area contributed by atoms with Crippen LogP contribution in [0.25, 0.3) is 0 Å². The van der Waals surface area contributed by atoms with E-state index in [9.17, 15) is 9.59 Å². The van der Waals surface area contributed by atoms with Gasteiger partial charge in [0.2, 0.25) is 11.8 Å². The Morgan fingerprint density at radius 1 is 1.06 bits per heavy atom. The van der Waals surface area contributed by atoms with Crippen molar-refractivity contribution in [2.24, 2.45) is 0 Å². The zero-order chi connectivity index (χ0) is 23.2. The molecule has 0 aliphatic carbocycles. The molecule has 2 aromatic rings. The third kappa shape index (κ3) is 5.11. The second-order valence-electron chi connectivity index (χ2n) is 8.78. The summed E-state index contributed by atoms with van der Waals surface area (Å²) in [5, 5.41) is 1.78. The molecule has 33 heavy (non-hydrogen) atoms. The van der Waals surface area contributed by atoms with Gasteiger partial charge in [0.15, 0.2) is 0 Å². The first-order valence-electron chi connectivity index (χ1n) is 11.8. The molecule has 6 nitrogen and oxygen atoms in total.